The van der Waals surface area contributed by atoms with E-state index in [1.54, 1.807) is 29.1 Å². The molecule has 0 aliphatic heterocycles. The molecule has 9 heteroatoms. The van der Waals surface area contributed by atoms with E-state index in [0.717, 1.165) is 28.8 Å². The van der Waals surface area contributed by atoms with Crippen molar-refractivity contribution < 1.29 is 9.59 Å². The summed E-state index contributed by atoms with van der Waals surface area (Å²) in [5, 5.41) is 5.56. The van der Waals surface area contributed by atoms with Crippen LogP contribution < -0.4 is 16.4 Å². The van der Waals surface area contributed by atoms with Gasteiger partial charge < -0.3 is 20.8 Å². The van der Waals surface area contributed by atoms with Crippen LogP contribution in [-0.2, 0) is 4.79 Å². The summed E-state index contributed by atoms with van der Waals surface area (Å²) in [5.41, 5.74) is 9.93. The summed E-state index contributed by atoms with van der Waals surface area (Å²) in [7, 11) is 1.83. The summed E-state index contributed by atoms with van der Waals surface area (Å²) in [6.45, 7) is 7.67. The van der Waals surface area contributed by atoms with Crippen LogP contribution in [0.25, 0.3) is 16.8 Å². The SMILES string of the molecule is C[B]n1ccc(C(=O)NCC(=O)NC(=N/C(=C\C)c2cccc(-c3ccnc(N)c3)c2)C(C)CC)c1. The highest BCUT2D eigenvalue weighted by Crippen LogP contribution is 2.25. The minimum absolute atomic E-state index is 0.0110. The summed E-state index contributed by atoms with van der Waals surface area (Å²) in [6.07, 6.45) is 7.86. The molecule has 3 aromatic rings. The summed E-state index contributed by atoms with van der Waals surface area (Å²) >= 11 is 0. The first-order chi connectivity index (χ1) is 17.3. The van der Waals surface area contributed by atoms with E-state index in [0.29, 0.717) is 17.2 Å². The Kier molecular flexibility index (Phi) is 9.22. The molecule has 185 valence electrons. The number of carbonyl (C=O) groups is 2. The number of aromatic nitrogens is 2. The van der Waals surface area contributed by atoms with Crippen molar-refractivity contribution in [2.24, 2.45) is 10.9 Å². The van der Waals surface area contributed by atoms with Gasteiger partial charge in [-0.25, -0.2) is 9.98 Å². The number of nitrogens with zero attached hydrogens (tertiary/aromatic N) is 3. The number of rotatable bonds is 9. The number of aliphatic imine (C=N–C) groups is 1. The number of hydrogen-bond donors (Lipinski definition) is 3. The number of nitrogens with two attached hydrogens (primary N) is 1. The summed E-state index contributed by atoms with van der Waals surface area (Å²) < 4.78 is 1.78. The molecule has 0 saturated carbocycles. The molecule has 2 heterocycles. The van der Waals surface area contributed by atoms with Gasteiger partial charge in [-0.15, -0.1) is 0 Å². The molecular formula is C27H32BN6O2. The van der Waals surface area contributed by atoms with Gasteiger partial charge in [0, 0.05) is 23.9 Å². The van der Waals surface area contributed by atoms with Gasteiger partial charge in [-0.1, -0.05) is 44.9 Å². The monoisotopic (exact) mass is 483 g/mol. The lowest BCUT2D eigenvalue weighted by Gasteiger charge is -2.16. The Labute approximate surface area is 213 Å². The zero-order valence-corrected chi connectivity index (χ0v) is 21.2. The molecule has 2 amide bonds. The van der Waals surface area contributed by atoms with Crippen LogP contribution in [0, 0.1) is 5.92 Å². The van der Waals surface area contributed by atoms with Gasteiger partial charge in [0.2, 0.25) is 13.3 Å². The molecule has 0 saturated heterocycles. The zero-order valence-electron chi connectivity index (χ0n) is 21.2. The number of pyridine rings is 1. The molecule has 1 atom stereocenters. The van der Waals surface area contributed by atoms with Crippen molar-refractivity contribution in [1.82, 2.24) is 20.1 Å². The minimum atomic E-state index is -0.333. The maximum Gasteiger partial charge on any atom is 0.253 e. The molecule has 0 aliphatic rings. The Bertz CT molecular complexity index is 1280. The van der Waals surface area contributed by atoms with Crippen molar-refractivity contribution in [3.8, 4) is 11.1 Å². The first-order valence-electron chi connectivity index (χ1n) is 12.0. The molecule has 36 heavy (non-hydrogen) atoms. The first-order valence-corrected chi connectivity index (χ1v) is 12.0. The number of hydrogen-bond acceptors (Lipinski definition) is 5. The highest BCUT2D eigenvalue weighted by molar-refractivity contribution is 6.31. The van der Waals surface area contributed by atoms with Gasteiger partial charge in [-0.2, -0.15) is 0 Å². The number of anilines is 1. The fraction of sp³-hybridized carbons (Fsp3) is 0.259. The van der Waals surface area contributed by atoms with E-state index in [-0.39, 0.29) is 24.3 Å². The quantitative estimate of drug-likeness (QED) is 0.243. The predicted octanol–water partition coefficient (Wildman–Crippen LogP) is 4.00. The van der Waals surface area contributed by atoms with Crippen LogP contribution >= 0.6 is 0 Å². The zero-order chi connectivity index (χ0) is 26.1. The van der Waals surface area contributed by atoms with Gasteiger partial charge in [-0.05, 0) is 54.9 Å². The Morgan fingerprint density at radius 1 is 1.19 bits per heavy atom. The van der Waals surface area contributed by atoms with E-state index in [2.05, 4.69) is 15.6 Å². The van der Waals surface area contributed by atoms with Crippen molar-refractivity contribution in [3.63, 3.8) is 0 Å². The number of allylic oxidation sites excluding steroid dienone is 1. The van der Waals surface area contributed by atoms with Crippen LogP contribution in [0.15, 0.2) is 72.1 Å². The van der Waals surface area contributed by atoms with Crippen LogP contribution in [0.5, 0.6) is 0 Å². The topological polar surface area (TPSA) is 114 Å². The Morgan fingerprint density at radius 2 is 1.97 bits per heavy atom. The van der Waals surface area contributed by atoms with Crippen LogP contribution in [0.1, 0.15) is 43.1 Å². The average Bonchev–Trinajstić information content (AvgIpc) is 3.39. The van der Waals surface area contributed by atoms with Gasteiger partial charge in [0.25, 0.3) is 5.91 Å². The van der Waals surface area contributed by atoms with Gasteiger partial charge in [0.15, 0.2) is 0 Å². The molecule has 2 aromatic heterocycles. The molecule has 1 radical (unpaired) electrons. The second kappa shape index (κ2) is 12.5. The second-order valence-electron chi connectivity index (χ2n) is 8.37. The molecule has 1 unspecified atom stereocenters. The summed E-state index contributed by atoms with van der Waals surface area (Å²) in [6, 6.07) is 13.4. The molecular weight excluding hydrogens is 451 g/mol. The van der Waals surface area contributed by atoms with E-state index >= 15 is 0 Å². The fourth-order valence-corrected chi connectivity index (χ4v) is 3.52. The molecule has 4 N–H and O–H groups in total. The van der Waals surface area contributed by atoms with Crippen molar-refractivity contribution in [2.75, 3.05) is 12.3 Å². The number of benzene rings is 1. The number of amides is 2. The van der Waals surface area contributed by atoms with E-state index in [1.807, 2.05) is 77.5 Å². The van der Waals surface area contributed by atoms with Gasteiger partial charge in [0.05, 0.1) is 17.8 Å². The van der Waals surface area contributed by atoms with E-state index < -0.39 is 0 Å². The van der Waals surface area contributed by atoms with Crippen LogP contribution in [0.4, 0.5) is 5.82 Å². The normalized spacial score (nSPS) is 12.7. The van der Waals surface area contributed by atoms with E-state index in [4.69, 9.17) is 10.7 Å². The van der Waals surface area contributed by atoms with Crippen molar-refractivity contribution >= 4 is 36.6 Å². The van der Waals surface area contributed by atoms with Crippen LogP contribution in [-0.4, -0.2) is 41.1 Å². The highest BCUT2D eigenvalue weighted by Gasteiger charge is 2.16. The predicted molar refractivity (Wildman–Crippen MR) is 147 cm³/mol. The molecule has 0 aliphatic carbocycles. The van der Waals surface area contributed by atoms with Crippen LogP contribution in [0.2, 0.25) is 6.82 Å². The standard InChI is InChI=1S/C27H32BN6O2/c1-5-18(3)26(33-25(35)16-31-27(36)22-11-13-34(17-22)28-4)32-23(6-2)21-9-7-8-19(14-21)20-10-12-30-24(29)15-20/h6-15,17-18H,5,16H2,1-4H3,(H2,29,30)(H,31,36)(H,32,33,35)/b23-6-. The molecule has 3 rings (SSSR count). The molecule has 1 aromatic carbocycles. The molecule has 0 spiro atoms. The number of nitrogen functional groups attached to an aromatic ring is 1. The smallest absolute Gasteiger partial charge is 0.253 e. The van der Waals surface area contributed by atoms with Gasteiger partial charge in [0.1, 0.15) is 11.7 Å². The second-order valence-corrected chi connectivity index (χ2v) is 8.37. The maximum atomic E-state index is 12.7. The number of nitrogens with one attached hydrogen (secondary N) is 2. The Morgan fingerprint density at radius 3 is 2.64 bits per heavy atom. The Hall–Kier alpha value is -4.14. The molecule has 8 nitrogen and oxygen atoms in total. The van der Waals surface area contributed by atoms with Crippen molar-refractivity contribution in [1.29, 1.82) is 0 Å². The Balaban J connectivity index is 1.75. The first kappa shape index (κ1) is 26.5. The largest absolute Gasteiger partial charge is 0.402 e. The average molecular weight is 483 g/mol. The fourth-order valence-electron chi connectivity index (χ4n) is 3.52. The summed E-state index contributed by atoms with van der Waals surface area (Å²) in [4.78, 5) is 33.9. The van der Waals surface area contributed by atoms with Crippen LogP contribution in [0.3, 0.4) is 0 Å². The highest BCUT2D eigenvalue weighted by atomic mass is 16.2. The van der Waals surface area contributed by atoms with Crippen molar-refractivity contribution in [3.05, 3.63) is 78.3 Å². The molecule has 0 fully saturated rings. The lowest BCUT2D eigenvalue weighted by atomic mass is 10.0. The number of amidine groups is 1. The maximum absolute atomic E-state index is 12.7. The van der Waals surface area contributed by atoms with Gasteiger partial charge in [-0.3, -0.25) is 9.59 Å². The molecule has 0 bridgehead atoms. The van der Waals surface area contributed by atoms with E-state index in [9.17, 15) is 9.59 Å². The third kappa shape index (κ3) is 6.94. The van der Waals surface area contributed by atoms with Gasteiger partial charge >= 0.3 is 0 Å². The third-order valence-electron chi connectivity index (χ3n) is 5.82. The third-order valence-corrected chi connectivity index (χ3v) is 5.82. The lowest BCUT2D eigenvalue weighted by Crippen LogP contribution is -2.41. The number of carbonyl (C=O) groups excluding carboxylic acids is 2. The van der Waals surface area contributed by atoms with Crippen molar-refractivity contribution in [2.45, 2.75) is 34.0 Å². The minimum Gasteiger partial charge on any atom is -0.402 e. The summed E-state index contributed by atoms with van der Waals surface area (Å²) in [5.74, 6) is 0.375. The lowest BCUT2D eigenvalue weighted by molar-refractivity contribution is -0.118. The van der Waals surface area contributed by atoms with E-state index in [1.165, 1.54) is 0 Å².